The van der Waals surface area contributed by atoms with E-state index in [0.29, 0.717) is 4.99 Å². The molecule has 0 radical (unpaired) electrons. The van der Waals surface area contributed by atoms with Gasteiger partial charge in [0, 0.05) is 19.7 Å². The van der Waals surface area contributed by atoms with E-state index in [1.54, 1.807) is 0 Å². The highest BCUT2D eigenvalue weighted by Gasteiger charge is 2.01. The molecule has 1 aromatic carbocycles. The fourth-order valence-electron chi connectivity index (χ4n) is 1.09. The molecule has 15 heavy (non-hydrogen) atoms. The van der Waals surface area contributed by atoms with Gasteiger partial charge in [0.2, 0.25) is 0 Å². The lowest BCUT2D eigenvalue weighted by molar-refractivity contribution is 0.620. The van der Waals surface area contributed by atoms with Gasteiger partial charge in [-0.2, -0.15) is 0 Å². The third-order valence-corrected chi connectivity index (χ3v) is 2.50. The van der Waals surface area contributed by atoms with Crippen molar-refractivity contribution in [3.05, 3.63) is 35.4 Å². The first-order chi connectivity index (χ1) is 7.00. The second-order valence-corrected chi connectivity index (χ2v) is 4.11. The number of aryl methyl sites for hydroxylation is 1. The van der Waals surface area contributed by atoms with Crippen molar-refractivity contribution in [3.63, 3.8) is 0 Å². The fourth-order valence-corrected chi connectivity index (χ4v) is 1.35. The van der Waals surface area contributed by atoms with Crippen LogP contribution in [0.2, 0.25) is 0 Å². The molecule has 2 nitrogen and oxygen atoms in total. The van der Waals surface area contributed by atoms with Crippen molar-refractivity contribution in [3.8, 4) is 0 Å². The van der Waals surface area contributed by atoms with Gasteiger partial charge in [-0.3, -0.25) is 0 Å². The molecule has 0 aliphatic rings. The summed E-state index contributed by atoms with van der Waals surface area (Å²) in [7, 11) is 3.91. The Bertz CT molecular complexity index is 394. The predicted molar refractivity (Wildman–Crippen MR) is 69.7 cm³/mol. The van der Waals surface area contributed by atoms with Crippen LogP contribution < -0.4 is 0 Å². The molecule has 0 unspecified atom stereocenters. The molecule has 0 amide bonds. The van der Waals surface area contributed by atoms with Gasteiger partial charge in [-0.1, -0.05) is 36.0 Å². The molecule has 0 aromatic heterocycles. The molecule has 0 aliphatic heterocycles. The highest BCUT2D eigenvalue weighted by molar-refractivity contribution is 7.80. The van der Waals surface area contributed by atoms with Gasteiger partial charge in [-0.15, -0.1) is 0 Å². The Morgan fingerprint density at radius 1 is 1.33 bits per heavy atom. The van der Waals surface area contributed by atoms with Crippen molar-refractivity contribution in [1.29, 1.82) is 0 Å². The van der Waals surface area contributed by atoms with Crippen LogP contribution >= 0.6 is 12.2 Å². The summed E-state index contributed by atoms with van der Waals surface area (Å²) in [6.07, 6.45) is 0. The van der Waals surface area contributed by atoms with Crippen molar-refractivity contribution < 1.29 is 0 Å². The van der Waals surface area contributed by atoms with Gasteiger partial charge in [0.1, 0.15) is 10.8 Å². The zero-order chi connectivity index (χ0) is 11.4. The van der Waals surface area contributed by atoms with E-state index in [1.807, 2.05) is 38.1 Å². The van der Waals surface area contributed by atoms with Gasteiger partial charge in [-0.25, -0.2) is 4.99 Å². The SMILES string of the molecule is CC(=NC(=S)c1cccc(C)c1)N(C)C. The summed E-state index contributed by atoms with van der Waals surface area (Å²) in [5, 5.41) is 0. The summed E-state index contributed by atoms with van der Waals surface area (Å²) >= 11 is 5.26. The van der Waals surface area contributed by atoms with E-state index in [2.05, 4.69) is 24.0 Å². The molecule has 0 atom stereocenters. The van der Waals surface area contributed by atoms with Crippen LogP contribution in [0, 0.1) is 6.92 Å². The van der Waals surface area contributed by atoms with E-state index in [0.717, 1.165) is 11.4 Å². The molecule has 0 saturated carbocycles. The monoisotopic (exact) mass is 220 g/mol. The Hall–Kier alpha value is -1.22. The molecule has 3 heteroatoms. The van der Waals surface area contributed by atoms with Crippen molar-refractivity contribution in [2.45, 2.75) is 13.8 Å². The quantitative estimate of drug-likeness (QED) is 0.411. The molecule has 0 fully saturated rings. The maximum atomic E-state index is 5.26. The highest BCUT2D eigenvalue weighted by atomic mass is 32.1. The number of thiocarbonyl (C=S) groups is 1. The maximum Gasteiger partial charge on any atom is 0.135 e. The molecule has 0 bridgehead atoms. The van der Waals surface area contributed by atoms with E-state index in [-0.39, 0.29) is 0 Å². The minimum Gasteiger partial charge on any atom is -0.366 e. The number of rotatable bonds is 1. The lowest BCUT2D eigenvalue weighted by atomic mass is 10.1. The Morgan fingerprint density at radius 2 is 2.00 bits per heavy atom. The van der Waals surface area contributed by atoms with Gasteiger partial charge >= 0.3 is 0 Å². The number of nitrogens with zero attached hydrogens (tertiary/aromatic N) is 2. The molecule has 0 saturated heterocycles. The third-order valence-electron chi connectivity index (χ3n) is 2.18. The van der Waals surface area contributed by atoms with Gasteiger partial charge in [0.15, 0.2) is 0 Å². The third kappa shape index (κ3) is 3.44. The second-order valence-electron chi connectivity index (χ2n) is 3.73. The molecule has 80 valence electrons. The predicted octanol–water partition coefficient (Wildman–Crippen LogP) is 2.65. The fraction of sp³-hybridized carbons (Fsp3) is 0.333. The molecular weight excluding hydrogens is 204 g/mol. The summed E-state index contributed by atoms with van der Waals surface area (Å²) in [4.78, 5) is 6.95. The molecule has 0 spiro atoms. The summed E-state index contributed by atoms with van der Waals surface area (Å²) < 4.78 is 0. The van der Waals surface area contributed by atoms with Crippen LogP contribution in [-0.4, -0.2) is 29.8 Å². The number of amidine groups is 1. The van der Waals surface area contributed by atoms with E-state index < -0.39 is 0 Å². The molecule has 0 heterocycles. The average Bonchev–Trinajstić information content (AvgIpc) is 2.17. The summed E-state index contributed by atoms with van der Waals surface area (Å²) in [5.74, 6) is 0.918. The number of benzene rings is 1. The smallest absolute Gasteiger partial charge is 0.135 e. The molecular formula is C12H16N2S. The zero-order valence-electron chi connectivity index (χ0n) is 9.61. The number of hydrogen-bond donors (Lipinski definition) is 0. The largest absolute Gasteiger partial charge is 0.366 e. The van der Waals surface area contributed by atoms with Crippen LogP contribution in [0.4, 0.5) is 0 Å². The maximum absolute atomic E-state index is 5.26. The van der Waals surface area contributed by atoms with Crippen LogP contribution in [0.5, 0.6) is 0 Å². The normalized spacial score (nSPS) is 11.3. The van der Waals surface area contributed by atoms with Crippen molar-refractivity contribution >= 4 is 23.0 Å². The van der Waals surface area contributed by atoms with Gasteiger partial charge in [0.05, 0.1) is 0 Å². The van der Waals surface area contributed by atoms with Crippen molar-refractivity contribution in [2.75, 3.05) is 14.1 Å². The Balaban J connectivity index is 2.91. The first-order valence-electron chi connectivity index (χ1n) is 4.84. The second kappa shape index (κ2) is 5.03. The molecule has 1 rings (SSSR count). The average molecular weight is 220 g/mol. The Morgan fingerprint density at radius 3 is 2.53 bits per heavy atom. The standard InChI is InChI=1S/C12H16N2S/c1-9-6-5-7-11(8-9)12(15)13-10(2)14(3)4/h5-8H,1-4H3. The zero-order valence-corrected chi connectivity index (χ0v) is 10.4. The lowest BCUT2D eigenvalue weighted by Crippen LogP contribution is -2.19. The highest BCUT2D eigenvalue weighted by Crippen LogP contribution is 2.07. The van der Waals surface area contributed by atoms with Crippen LogP contribution in [0.15, 0.2) is 29.3 Å². The van der Waals surface area contributed by atoms with E-state index in [9.17, 15) is 0 Å². The minimum absolute atomic E-state index is 0.643. The Kier molecular flexibility index (Phi) is 3.97. The molecule has 0 N–H and O–H groups in total. The first kappa shape index (κ1) is 11.9. The van der Waals surface area contributed by atoms with Crippen LogP contribution in [-0.2, 0) is 0 Å². The Labute approximate surface area is 96.6 Å². The number of aliphatic imine (C=N–C) groups is 1. The first-order valence-corrected chi connectivity index (χ1v) is 5.25. The van der Waals surface area contributed by atoms with Crippen LogP contribution in [0.1, 0.15) is 18.1 Å². The van der Waals surface area contributed by atoms with E-state index in [1.165, 1.54) is 5.56 Å². The minimum atomic E-state index is 0.643. The summed E-state index contributed by atoms with van der Waals surface area (Å²) in [5.41, 5.74) is 2.21. The van der Waals surface area contributed by atoms with E-state index >= 15 is 0 Å². The topological polar surface area (TPSA) is 15.6 Å². The van der Waals surface area contributed by atoms with Gasteiger partial charge in [0.25, 0.3) is 0 Å². The van der Waals surface area contributed by atoms with Crippen LogP contribution in [0.3, 0.4) is 0 Å². The van der Waals surface area contributed by atoms with Crippen molar-refractivity contribution in [1.82, 2.24) is 4.90 Å². The van der Waals surface area contributed by atoms with Gasteiger partial charge < -0.3 is 4.90 Å². The van der Waals surface area contributed by atoms with Gasteiger partial charge in [-0.05, 0) is 19.9 Å². The summed E-state index contributed by atoms with van der Waals surface area (Å²) in [6, 6.07) is 8.09. The molecule has 0 aliphatic carbocycles. The van der Waals surface area contributed by atoms with Crippen LogP contribution in [0.25, 0.3) is 0 Å². The summed E-state index contributed by atoms with van der Waals surface area (Å²) in [6.45, 7) is 4.00. The number of hydrogen-bond acceptors (Lipinski definition) is 1. The lowest BCUT2D eigenvalue weighted by Gasteiger charge is -2.11. The molecule has 1 aromatic rings. The van der Waals surface area contributed by atoms with E-state index in [4.69, 9.17) is 12.2 Å². The van der Waals surface area contributed by atoms with Crippen molar-refractivity contribution in [2.24, 2.45) is 4.99 Å².